The molecule has 0 rings (SSSR count). The van der Waals surface area contributed by atoms with Gasteiger partial charge in [-0.25, -0.2) is 0 Å². The van der Waals surface area contributed by atoms with Crippen LogP contribution in [0.2, 0.25) is 0 Å². The van der Waals surface area contributed by atoms with Crippen LogP contribution in [-0.2, 0) is 0 Å². The molecule has 0 spiro atoms. The maximum atomic E-state index is 10.2. The summed E-state index contributed by atoms with van der Waals surface area (Å²) in [6, 6.07) is 0. The van der Waals surface area contributed by atoms with Crippen molar-refractivity contribution in [2.24, 2.45) is 0 Å². The number of rotatable bonds is 7. The van der Waals surface area contributed by atoms with E-state index in [4.69, 9.17) is 5.11 Å². The topological polar surface area (TPSA) is 43.7 Å². The predicted octanol–water partition coefficient (Wildman–Crippen LogP) is 0.955. The number of hydrogen-bond donors (Lipinski definition) is 2. The van der Waals surface area contributed by atoms with E-state index in [0.717, 1.165) is 25.0 Å². The molecule has 0 aromatic carbocycles. The summed E-state index contributed by atoms with van der Waals surface area (Å²) in [6.45, 7) is 5.02. The summed E-state index contributed by atoms with van der Waals surface area (Å²) in [5, 5.41) is 8.73. The van der Waals surface area contributed by atoms with Crippen LogP contribution in [0.15, 0.2) is 0 Å². The number of aliphatic hydroxyl groups is 1. The second-order valence-corrected chi connectivity index (χ2v) is 7.76. The summed E-state index contributed by atoms with van der Waals surface area (Å²) >= 11 is 0. The van der Waals surface area contributed by atoms with Gasteiger partial charge in [-0.3, -0.25) is 0 Å². The first kappa shape index (κ1) is 13.3. The first-order chi connectivity index (χ1) is 6.08. The zero-order chi connectivity index (χ0) is 10.3. The van der Waals surface area contributed by atoms with E-state index in [1.807, 2.05) is 11.9 Å². The van der Waals surface area contributed by atoms with Gasteiger partial charge in [0.1, 0.15) is 0 Å². The second-order valence-electron chi connectivity index (χ2n) is 3.79. The predicted molar refractivity (Wildman–Crippen MR) is 60.8 cm³/mol. The normalized spacial score (nSPS) is 13.7. The van der Waals surface area contributed by atoms with Crippen molar-refractivity contribution in [2.45, 2.75) is 20.3 Å². The summed E-state index contributed by atoms with van der Waals surface area (Å²) in [6.07, 6.45) is 3.73. The Hall–Kier alpha value is 0.310. The first-order valence-corrected chi connectivity index (χ1v) is 7.66. The minimum atomic E-state index is -2.01. The van der Waals surface area contributed by atoms with E-state index in [1.54, 1.807) is 0 Å². The Kier molecular flexibility index (Phi) is 6.88. The Balaban J connectivity index is 3.93. The summed E-state index contributed by atoms with van der Waals surface area (Å²) in [5.41, 5.74) is 0. The molecule has 0 aliphatic rings. The average Bonchev–Trinajstić information content (AvgIpc) is 2.05. The standard InChI is InChI=1S/C9H24NO2P/c1-4-8-13(12,5-2)9-10(3)6-7-11/h11-13H,4-9H2,1-3H3. The van der Waals surface area contributed by atoms with Gasteiger partial charge in [0.25, 0.3) is 0 Å². The fourth-order valence-electron chi connectivity index (χ4n) is 1.59. The quantitative estimate of drug-likeness (QED) is 0.614. The minimum absolute atomic E-state index is 0.177. The van der Waals surface area contributed by atoms with Gasteiger partial charge in [-0.15, -0.1) is 0 Å². The van der Waals surface area contributed by atoms with Gasteiger partial charge in [-0.2, -0.15) is 0 Å². The van der Waals surface area contributed by atoms with Crippen LogP contribution in [0.3, 0.4) is 0 Å². The summed E-state index contributed by atoms with van der Waals surface area (Å²) in [4.78, 5) is 12.3. The van der Waals surface area contributed by atoms with Crippen LogP contribution in [0.25, 0.3) is 0 Å². The fourth-order valence-corrected chi connectivity index (χ4v) is 4.41. The Morgan fingerprint density at radius 1 is 1.31 bits per heavy atom. The van der Waals surface area contributed by atoms with Crippen molar-refractivity contribution >= 4 is 7.49 Å². The van der Waals surface area contributed by atoms with Crippen molar-refractivity contribution in [1.82, 2.24) is 4.90 Å². The molecule has 0 fully saturated rings. The summed E-state index contributed by atoms with van der Waals surface area (Å²) in [7, 11) is -0.0510. The number of nitrogens with zero attached hydrogens (tertiary/aromatic N) is 1. The van der Waals surface area contributed by atoms with Crippen molar-refractivity contribution in [1.29, 1.82) is 0 Å². The van der Waals surface area contributed by atoms with Crippen LogP contribution < -0.4 is 0 Å². The number of aliphatic hydroxyl groups excluding tert-OH is 1. The Bertz CT molecular complexity index is 135. The van der Waals surface area contributed by atoms with Gasteiger partial charge < -0.3 is 0 Å². The summed E-state index contributed by atoms with van der Waals surface area (Å²) < 4.78 is 0. The Labute approximate surface area is 82.2 Å². The SMILES string of the molecule is CCC[PH](O)(CC)CN(C)CCO. The van der Waals surface area contributed by atoms with Gasteiger partial charge in [-0.05, 0) is 0 Å². The number of hydrogen-bond acceptors (Lipinski definition) is 3. The monoisotopic (exact) mass is 209 g/mol. The van der Waals surface area contributed by atoms with Gasteiger partial charge >= 0.3 is 81.5 Å². The van der Waals surface area contributed by atoms with Gasteiger partial charge in [0, 0.05) is 0 Å². The van der Waals surface area contributed by atoms with E-state index in [2.05, 4.69) is 13.8 Å². The van der Waals surface area contributed by atoms with Crippen LogP contribution in [-0.4, -0.2) is 53.7 Å². The van der Waals surface area contributed by atoms with Crippen molar-refractivity contribution in [3.8, 4) is 0 Å². The van der Waals surface area contributed by atoms with Crippen LogP contribution in [0.5, 0.6) is 0 Å². The van der Waals surface area contributed by atoms with Crippen LogP contribution in [0.1, 0.15) is 20.3 Å². The second kappa shape index (κ2) is 6.72. The van der Waals surface area contributed by atoms with E-state index in [0.29, 0.717) is 6.54 Å². The number of likely N-dealkylation sites (N-methyl/N-ethyl adjacent to an activating group) is 1. The molecule has 82 valence electrons. The molecule has 0 aromatic heterocycles. The van der Waals surface area contributed by atoms with Crippen LogP contribution >= 0.6 is 7.49 Å². The van der Waals surface area contributed by atoms with Gasteiger partial charge in [0.2, 0.25) is 0 Å². The molecular formula is C9H24NO2P. The van der Waals surface area contributed by atoms with Crippen LogP contribution in [0.4, 0.5) is 0 Å². The first-order valence-electron chi connectivity index (χ1n) is 5.09. The zero-order valence-electron chi connectivity index (χ0n) is 9.08. The molecule has 0 unspecified atom stereocenters. The molecule has 0 atom stereocenters. The molecule has 0 aliphatic heterocycles. The molecule has 0 radical (unpaired) electrons. The molecule has 0 amide bonds. The molecule has 13 heavy (non-hydrogen) atoms. The molecule has 3 nitrogen and oxygen atoms in total. The fraction of sp³-hybridized carbons (Fsp3) is 1.00. The third-order valence-electron chi connectivity index (χ3n) is 2.42. The van der Waals surface area contributed by atoms with Gasteiger partial charge in [0.05, 0.1) is 0 Å². The van der Waals surface area contributed by atoms with Crippen molar-refractivity contribution in [3.05, 3.63) is 0 Å². The Morgan fingerprint density at radius 2 is 1.92 bits per heavy atom. The molecule has 0 aliphatic carbocycles. The van der Waals surface area contributed by atoms with Crippen molar-refractivity contribution in [2.75, 3.05) is 38.8 Å². The Morgan fingerprint density at radius 3 is 2.31 bits per heavy atom. The van der Waals surface area contributed by atoms with E-state index < -0.39 is 7.49 Å². The van der Waals surface area contributed by atoms with E-state index in [9.17, 15) is 4.89 Å². The zero-order valence-corrected chi connectivity index (χ0v) is 10.1. The molecule has 2 N–H and O–H groups in total. The summed E-state index contributed by atoms with van der Waals surface area (Å²) in [5.74, 6) is 0. The van der Waals surface area contributed by atoms with Crippen molar-refractivity contribution in [3.63, 3.8) is 0 Å². The molecular weight excluding hydrogens is 185 g/mol. The molecule has 0 saturated heterocycles. The third-order valence-corrected chi connectivity index (χ3v) is 6.29. The molecule has 4 heteroatoms. The molecule has 0 heterocycles. The molecule has 0 aromatic rings. The van der Waals surface area contributed by atoms with E-state index in [1.165, 1.54) is 0 Å². The molecule has 0 bridgehead atoms. The van der Waals surface area contributed by atoms with Crippen molar-refractivity contribution < 1.29 is 10.00 Å². The average molecular weight is 209 g/mol. The third kappa shape index (κ3) is 5.58. The molecule has 0 saturated carbocycles. The van der Waals surface area contributed by atoms with E-state index in [-0.39, 0.29) is 6.61 Å². The maximum absolute atomic E-state index is 10.2. The van der Waals surface area contributed by atoms with E-state index >= 15 is 0 Å². The van der Waals surface area contributed by atoms with Crippen LogP contribution in [0, 0.1) is 0 Å². The van der Waals surface area contributed by atoms with Gasteiger partial charge in [0.15, 0.2) is 0 Å². The van der Waals surface area contributed by atoms with Gasteiger partial charge in [-0.1, -0.05) is 0 Å².